The van der Waals surface area contributed by atoms with Gasteiger partial charge in [-0.15, -0.1) is 0 Å². The summed E-state index contributed by atoms with van der Waals surface area (Å²) in [6.45, 7) is 9.23. The molecule has 2 aromatic rings. The van der Waals surface area contributed by atoms with Crippen molar-refractivity contribution in [3.05, 3.63) is 52.8 Å². The Hall–Kier alpha value is -2.41. The van der Waals surface area contributed by atoms with E-state index in [0.717, 1.165) is 22.1 Å². The summed E-state index contributed by atoms with van der Waals surface area (Å²) in [7, 11) is 0. The molecule has 0 aliphatic rings. The lowest BCUT2D eigenvalue weighted by Crippen LogP contribution is -2.46. The Balaban J connectivity index is 1.91. The number of nitrogens with one attached hydrogen (secondary N) is 2. The molecule has 0 atom stereocenters. The fraction of sp³-hybridized carbons (Fsp3) is 0.368. The van der Waals surface area contributed by atoms with Gasteiger partial charge in [0.1, 0.15) is 0 Å². The molecule has 1 aromatic carbocycles. The number of hydrazine groups is 1. The lowest BCUT2D eigenvalue weighted by atomic mass is 9.96. The summed E-state index contributed by atoms with van der Waals surface area (Å²) >= 11 is 1.55. The van der Waals surface area contributed by atoms with E-state index in [2.05, 4.69) is 20.8 Å². The Morgan fingerprint density at radius 1 is 1.00 bits per heavy atom. The van der Waals surface area contributed by atoms with E-state index < -0.39 is 5.41 Å². The van der Waals surface area contributed by atoms with E-state index in [4.69, 9.17) is 0 Å². The molecule has 2 N–H and O–H groups in total. The molecule has 2 amide bonds. The number of aryl methyl sites for hydroxylation is 2. The van der Waals surface area contributed by atoms with Crippen molar-refractivity contribution in [2.75, 3.05) is 0 Å². The van der Waals surface area contributed by atoms with Crippen molar-refractivity contribution in [3.8, 4) is 0 Å². The second kappa shape index (κ2) is 8.31. The predicted octanol–water partition coefficient (Wildman–Crippen LogP) is 3.19. The fourth-order valence-corrected chi connectivity index (χ4v) is 2.94. The maximum Gasteiger partial charge on any atom is 0.269 e. The number of carbonyl (C=O) groups excluding carboxylic acids is 2. The highest BCUT2D eigenvalue weighted by atomic mass is 32.2. The summed E-state index contributed by atoms with van der Waals surface area (Å²) in [6, 6.07) is 9.18. The minimum absolute atomic E-state index is 0.243. The lowest BCUT2D eigenvalue weighted by molar-refractivity contribution is -0.129. The number of thioether (sulfide) groups is 1. The second-order valence-electron chi connectivity index (χ2n) is 7.08. The molecule has 0 bridgehead atoms. The smallest absolute Gasteiger partial charge is 0.269 e. The van der Waals surface area contributed by atoms with Gasteiger partial charge in [-0.3, -0.25) is 20.4 Å². The van der Waals surface area contributed by atoms with Crippen molar-refractivity contribution in [2.24, 2.45) is 5.41 Å². The van der Waals surface area contributed by atoms with Gasteiger partial charge in [0.15, 0.2) is 5.16 Å². The average molecular weight is 372 g/mol. The summed E-state index contributed by atoms with van der Waals surface area (Å²) < 4.78 is 0. The molecule has 0 saturated heterocycles. The predicted molar refractivity (Wildman–Crippen MR) is 103 cm³/mol. The highest BCUT2D eigenvalue weighted by Gasteiger charge is 2.21. The summed E-state index contributed by atoms with van der Waals surface area (Å²) in [6.07, 6.45) is 0. The van der Waals surface area contributed by atoms with E-state index in [1.165, 1.54) is 0 Å². The van der Waals surface area contributed by atoms with Crippen LogP contribution in [-0.2, 0) is 10.5 Å². The topological polar surface area (TPSA) is 84.0 Å². The number of aromatic nitrogens is 2. The SMILES string of the molecule is Cc1cc(C)nc(SCc2ccc(C(=O)NNC(=O)C(C)(C)C)cc2)n1. The van der Waals surface area contributed by atoms with E-state index >= 15 is 0 Å². The van der Waals surface area contributed by atoms with Gasteiger partial charge >= 0.3 is 0 Å². The molecule has 6 nitrogen and oxygen atoms in total. The number of hydrogen-bond donors (Lipinski definition) is 2. The molecule has 1 heterocycles. The van der Waals surface area contributed by atoms with Gasteiger partial charge in [-0.1, -0.05) is 44.7 Å². The summed E-state index contributed by atoms with van der Waals surface area (Å²) in [5.41, 5.74) is 7.74. The Bertz CT molecular complexity index is 778. The minimum Gasteiger partial charge on any atom is -0.273 e. The van der Waals surface area contributed by atoms with Crippen LogP contribution in [0.4, 0.5) is 0 Å². The lowest BCUT2D eigenvalue weighted by Gasteiger charge is -2.17. The van der Waals surface area contributed by atoms with Crippen LogP contribution in [0.15, 0.2) is 35.5 Å². The molecule has 0 aliphatic carbocycles. The van der Waals surface area contributed by atoms with E-state index in [-0.39, 0.29) is 11.8 Å². The van der Waals surface area contributed by atoms with E-state index in [9.17, 15) is 9.59 Å². The number of carbonyl (C=O) groups is 2. The highest BCUT2D eigenvalue weighted by Crippen LogP contribution is 2.20. The molecule has 0 spiro atoms. The standard InChI is InChI=1S/C19H24N4O2S/c1-12-10-13(2)21-18(20-12)26-11-14-6-8-15(9-7-14)16(24)22-23-17(25)19(3,4)5/h6-10H,11H2,1-5H3,(H,22,24)(H,23,25). The first-order valence-electron chi connectivity index (χ1n) is 8.30. The Labute approximate surface area is 158 Å². The zero-order valence-corrected chi connectivity index (χ0v) is 16.5. The van der Waals surface area contributed by atoms with Crippen LogP contribution in [0.1, 0.15) is 48.1 Å². The fourth-order valence-electron chi connectivity index (χ4n) is 2.03. The van der Waals surface area contributed by atoms with Crippen LogP contribution in [0.2, 0.25) is 0 Å². The van der Waals surface area contributed by atoms with Crippen molar-refractivity contribution < 1.29 is 9.59 Å². The van der Waals surface area contributed by atoms with Crippen molar-refractivity contribution >= 4 is 23.6 Å². The van der Waals surface area contributed by atoms with Gasteiger partial charge in [0.05, 0.1) is 0 Å². The van der Waals surface area contributed by atoms with Gasteiger partial charge in [-0.2, -0.15) is 0 Å². The molecule has 0 unspecified atom stereocenters. The number of nitrogens with zero attached hydrogens (tertiary/aromatic N) is 2. The van der Waals surface area contributed by atoms with Crippen LogP contribution in [-0.4, -0.2) is 21.8 Å². The maximum absolute atomic E-state index is 12.1. The number of hydrogen-bond acceptors (Lipinski definition) is 5. The van der Waals surface area contributed by atoms with E-state index in [1.807, 2.05) is 32.0 Å². The first-order valence-corrected chi connectivity index (χ1v) is 9.28. The Morgan fingerprint density at radius 2 is 1.58 bits per heavy atom. The number of rotatable bonds is 4. The van der Waals surface area contributed by atoms with E-state index in [1.54, 1.807) is 44.7 Å². The largest absolute Gasteiger partial charge is 0.273 e. The average Bonchev–Trinajstić information content (AvgIpc) is 2.56. The van der Waals surface area contributed by atoms with E-state index in [0.29, 0.717) is 11.3 Å². The van der Waals surface area contributed by atoms with Crippen molar-refractivity contribution in [3.63, 3.8) is 0 Å². The van der Waals surface area contributed by atoms with Gasteiger partial charge in [0.25, 0.3) is 5.91 Å². The van der Waals surface area contributed by atoms with Crippen molar-refractivity contribution in [1.82, 2.24) is 20.8 Å². The summed E-state index contributed by atoms with van der Waals surface area (Å²) in [5.74, 6) is 0.123. The normalized spacial score (nSPS) is 11.1. The number of amides is 2. The zero-order valence-electron chi connectivity index (χ0n) is 15.7. The maximum atomic E-state index is 12.1. The Kier molecular flexibility index (Phi) is 6.37. The third-order valence-corrected chi connectivity index (χ3v) is 4.44. The first-order chi connectivity index (χ1) is 12.1. The van der Waals surface area contributed by atoms with Gasteiger partial charge < -0.3 is 0 Å². The van der Waals surface area contributed by atoms with Gasteiger partial charge in [0.2, 0.25) is 5.91 Å². The monoisotopic (exact) mass is 372 g/mol. The quantitative estimate of drug-likeness (QED) is 0.489. The molecule has 138 valence electrons. The molecule has 0 saturated carbocycles. The molecule has 7 heteroatoms. The van der Waals surface area contributed by atoms with Gasteiger partial charge in [0, 0.05) is 28.1 Å². The summed E-state index contributed by atoms with van der Waals surface area (Å²) in [5, 5.41) is 0.745. The van der Waals surface area contributed by atoms with Crippen LogP contribution in [0, 0.1) is 19.3 Å². The van der Waals surface area contributed by atoms with Gasteiger partial charge in [-0.05, 0) is 37.6 Å². The van der Waals surface area contributed by atoms with Crippen LogP contribution in [0.5, 0.6) is 0 Å². The Morgan fingerprint density at radius 3 is 2.12 bits per heavy atom. The third-order valence-electron chi connectivity index (χ3n) is 3.52. The molecule has 2 rings (SSSR count). The molecule has 1 aromatic heterocycles. The molecular weight excluding hydrogens is 348 g/mol. The zero-order chi connectivity index (χ0) is 19.3. The highest BCUT2D eigenvalue weighted by molar-refractivity contribution is 7.98. The summed E-state index contributed by atoms with van der Waals surface area (Å²) in [4.78, 5) is 32.7. The molecular formula is C19H24N4O2S. The van der Waals surface area contributed by atoms with Crippen LogP contribution in [0.25, 0.3) is 0 Å². The van der Waals surface area contributed by atoms with Crippen LogP contribution in [0.3, 0.4) is 0 Å². The first kappa shape index (κ1) is 19.9. The minimum atomic E-state index is -0.565. The van der Waals surface area contributed by atoms with Crippen LogP contribution >= 0.6 is 11.8 Å². The molecule has 0 fully saturated rings. The number of benzene rings is 1. The molecule has 26 heavy (non-hydrogen) atoms. The van der Waals surface area contributed by atoms with Gasteiger partial charge in [-0.25, -0.2) is 9.97 Å². The molecule has 0 aliphatic heterocycles. The third kappa shape index (κ3) is 5.84. The van der Waals surface area contributed by atoms with Crippen LogP contribution < -0.4 is 10.9 Å². The van der Waals surface area contributed by atoms with Crippen molar-refractivity contribution in [2.45, 2.75) is 45.5 Å². The molecule has 0 radical (unpaired) electrons. The second-order valence-corrected chi connectivity index (χ2v) is 8.02. The van der Waals surface area contributed by atoms with Crippen molar-refractivity contribution in [1.29, 1.82) is 0 Å².